The number of halogens is 1. The van der Waals surface area contributed by atoms with Crippen LogP contribution in [0, 0.1) is 0 Å². The third-order valence-electron chi connectivity index (χ3n) is 5.31. The number of aryl methyl sites for hydroxylation is 1. The standard InChI is InChI=1S/C21H18ClN5O3/c22-18-10-14(30-25-18)6-7-20(28)26-9-8-16-15(12-26)21(29)27-19(23-16)11-17(24-27)13-4-2-1-3-5-13/h1-5,10-11,24H,6-9,12H2. The molecule has 0 radical (unpaired) electrons. The van der Waals surface area contributed by atoms with Gasteiger partial charge in [-0.15, -0.1) is 0 Å². The molecular formula is C21H18ClN5O3. The van der Waals surface area contributed by atoms with Gasteiger partial charge in [0.15, 0.2) is 10.8 Å². The van der Waals surface area contributed by atoms with Gasteiger partial charge in [-0.05, 0) is 5.56 Å². The highest BCUT2D eigenvalue weighted by atomic mass is 35.5. The van der Waals surface area contributed by atoms with E-state index in [0.29, 0.717) is 36.4 Å². The molecule has 4 aromatic rings. The molecule has 0 bridgehead atoms. The van der Waals surface area contributed by atoms with Crippen LogP contribution in [0.5, 0.6) is 0 Å². The predicted octanol–water partition coefficient (Wildman–Crippen LogP) is 2.85. The maximum Gasteiger partial charge on any atom is 0.277 e. The molecule has 0 atom stereocenters. The van der Waals surface area contributed by atoms with E-state index in [-0.39, 0.29) is 29.6 Å². The second-order valence-corrected chi connectivity index (χ2v) is 7.64. The van der Waals surface area contributed by atoms with E-state index in [4.69, 9.17) is 16.1 Å². The highest BCUT2D eigenvalue weighted by molar-refractivity contribution is 6.29. The first kappa shape index (κ1) is 18.6. The lowest BCUT2D eigenvalue weighted by atomic mass is 10.1. The monoisotopic (exact) mass is 423 g/mol. The fourth-order valence-electron chi connectivity index (χ4n) is 3.75. The average Bonchev–Trinajstić information content (AvgIpc) is 3.39. The van der Waals surface area contributed by atoms with Gasteiger partial charge in [0.2, 0.25) is 5.91 Å². The van der Waals surface area contributed by atoms with Crippen molar-refractivity contribution in [3.63, 3.8) is 0 Å². The second-order valence-electron chi connectivity index (χ2n) is 7.25. The Balaban J connectivity index is 1.39. The van der Waals surface area contributed by atoms with E-state index < -0.39 is 0 Å². The maximum atomic E-state index is 13.1. The van der Waals surface area contributed by atoms with Gasteiger partial charge >= 0.3 is 0 Å². The molecule has 8 nitrogen and oxygen atoms in total. The number of rotatable bonds is 4. The average molecular weight is 424 g/mol. The number of hydrogen-bond acceptors (Lipinski definition) is 5. The Kier molecular flexibility index (Phi) is 4.63. The summed E-state index contributed by atoms with van der Waals surface area (Å²) in [6.07, 6.45) is 1.22. The van der Waals surface area contributed by atoms with Crippen LogP contribution in [0.3, 0.4) is 0 Å². The predicted molar refractivity (Wildman–Crippen MR) is 110 cm³/mol. The Morgan fingerprint density at radius 2 is 2.07 bits per heavy atom. The first-order valence-electron chi connectivity index (χ1n) is 9.66. The number of H-pyrrole nitrogens is 1. The van der Waals surface area contributed by atoms with E-state index >= 15 is 0 Å². The van der Waals surface area contributed by atoms with Crippen LogP contribution in [-0.2, 0) is 24.2 Å². The Hall–Kier alpha value is -3.39. The summed E-state index contributed by atoms with van der Waals surface area (Å²) in [4.78, 5) is 32.1. The van der Waals surface area contributed by atoms with Crippen molar-refractivity contribution in [2.75, 3.05) is 6.54 Å². The lowest BCUT2D eigenvalue weighted by Crippen LogP contribution is -2.40. The summed E-state index contributed by atoms with van der Waals surface area (Å²) in [5.74, 6) is 0.517. The fraction of sp³-hybridized carbons (Fsp3) is 0.238. The number of carbonyl (C=O) groups is 1. The van der Waals surface area contributed by atoms with Gasteiger partial charge in [0, 0.05) is 37.9 Å². The van der Waals surface area contributed by atoms with Crippen molar-refractivity contribution in [2.24, 2.45) is 0 Å². The molecule has 1 aromatic carbocycles. The van der Waals surface area contributed by atoms with Crippen molar-refractivity contribution in [1.82, 2.24) is 24.7 Å². The molecule has 4 heterocycles. The maximum absolute atomic E-state index is 13.1. The van der Waals surface area contributed by atoms with Crippen LogP contribution in [0.4, 0.5) is 0 Å². The van der Waals surface area contributed by atoms with Crippen LogP contribution in [0.2, 0.25) is 5.15 Å². The number of aromatic nitrogens is 4. The second kappa shape index (κ2) is 7.46. The molecule has 1 aliphatic heterocycles. The van der Waals surface area contributed by atoms with Crippen LogP contribution >= 0.6 is 11.6 Å². The van der Waals surface area contributed by atoms with Gasteiger partial charge in [-0.2, -0.15) is 0 Å². The molecule has 1 N–H and O–H groups in total. The summed E-state index contributed by atoms with van der Waals surface area (Å²) in [6, 6.07) is 13.2. The van der Waals surface area contributed by atoms with Gasteiger partial charge < -0.3 is 9.42 Å². The number of fused-ring (bicyclic) bond motifs is 2. The molecular weight excluding hydrogens is 406 g/mol. The molecule has 5 rings (SSSR count). The van der Waals surface area contributed by atoms with Crippen LogP contribution < -0.4 is 5.56 Å². The van der Waals surface area contributed by atoms with Gasteiger partial charge in [-0.1, -0.05) is 47.1 Å². The Morgan fingerprint density at radius 1 is 1.23 bits per heavy atom. The molecule has 3 aromatic heterocycles. The molecule has 0 spiro atoms. The van der Waals surface area contributed by atoms with Crippen LogP contribution in [0.1, 0.15) is 23.4 Å². The zero-order valence-electron chi connectivity index (χ0n) is 16.0. The molecule has 0 fully saturated rings. The largest absolute Gasteiger partial charge is 0.360 e. The molecule has 30 heavy (non-hydrogen) atoms. The van der Waals surface area contributed by atoms with E-state index in [1.807, 2.05) is 36.4 Å². The third kappa shape index (κ3) is 3.39. The van der Waals surface area contributed by atoms with Crippen LogP contribution in [0.25, 0.3) is 16.9 Å². The summed E-state index contributed by atoms with van der Waals surface area (Å²) < 4.78 is 6.49. The van der Waals surface area contributed by atoms with E-state index in [1.54, 1.807) is 11.0 Å². The number of hydrogen-bond donors (Lipinski definition) is 1. The van der Waals surface area contributed by atoms with Crippen molar-refractivity contribution in [2.45, 2.75) is 25.8 Å². The van der Waals surface area contributed by atoms with Gasteiger partial charge in [0.25, 0.3) is 5.56 Å². The van der Waals surface area contributed by atoms with Crippen molar-refractivity contribution < 1.29 is 9.32 Å². The Labute approximate surface area is 176 Å². The molecule has 9 heteroatoms. The highest BCUT2D eigenvalue weighted by Crippen LogP contribution is 2.21. The van der Waals surface area contributed by atoms with E-state index in [9.17, 15) is 9.59 Å². The van der Waals surface area contributed by atoms with Crippen molar-refractivity contribution in [3.05, 3.63) is 75.0 Å². The molecule has 0 aliphatic carbocycles. The third-order valence-corrected chi connectivity index (χ3v) is 5.49. The minimum absolute atomic E-state index is 0.0471. The lowest BCUT2D eigenvalue weighted by molar-refractivity contribution is -0.132. The lowest BCUT2D eigenvalue weighted by Gasteiger charge is -2.27. The van der Waals surface area contributed by atoms with E-state index in [1.165, 1.54) is 4.52 Å². The van der Waals surface area contributed by atoms with Gasteiger partial charge in [-0.3, -0.25) is 14.7 Å². The zero-order valence-corrected chi connectivity index (χ0v) is 16.7. The molecule has 0 saturated heterocycles. The number of benzene rings is 1. The topological polar surface area (TPSA) is 96.5 Å². The quantitative estimate of drug-likeness (QED) is 0.544. The highest BCUT2D eigenvalue weighted by Gasteiger charge is 2.25. The molecule has 0 saturated carbocycles. The summed E-state index contributed by atoms with van der Waals surface area (Å²) >= 11 is 5.74. The molecule has 1 amide bonds. The SMILES string of the molecule is O=C(CCc1cc(Cl)no1)N1CCc2nc3cc(-c4ccccc4)[nH]n3c(=O)c2C1. The van der Waals surface area contributed by atoms with Crippen LogP contribution in [-0.4, -0.2) is 37.1 Å². The summed E-state index contributed by atoms with van der Waals surface area (Å²) in [5, 5.41) is 7.01. The van der Waals surface area contributed by atoms with Gasteiger partial charge in [0.05, 0.1) is 23.5 Å². The van der Waals surface area contributed by atoms with Crippen molar-refractivity contribution in [3.8, 4) is 11.3 Å². The number of nitrogens with zero attached hydrogens (tertiary/aromatic N) is 4. The molecule has 1 aliphatic rings. The molecule has 152 valence electrons. The van der Waals surface area contributed by atoms with E-state index in [2.05, 4.69) is 15.2 Å². The minimum Gasteiger partial charge on any atom is -0.360 e. The Bertz CT molecular complexity index is 1290. The van der Waals surface area contributed by atoms with Gasteiger partial charge in [0.1, 0.15) is 5.76 Å². The number of aromatic amines is 1. The summed E-state index contributed by atoms with van der Waals surface area (Å²) in [6.45, 7) is 0.779. The Morgan fingerprint density at radius 3 is 2.83 bits per heavy atom. The first-order chi connectivity index (χ1) is 14.6. The van der Waals surface area contributed by atoms with Crippen molar-refractivity contribution >= 4 is 23.2 Å². The number of nitrogens with one attached hydrogen (secondary N) is 1. The summed E-state index contributed by atoms with van der Waals surface area (Å²) in [7, 11) is 0. The fourth-order valence-corrected chi connectivity index (χ4v) is 3.91. The minimum atomic E-state index is -0.170. The number of carbonyl (C=O) groups excluding carboxylic acids is 1. The first-order valence-corrected chi connectivity index (χ1v) is 10.0. The summed E-state index contributed by atoms with van der Waals surface area (Å²) in [5.41, 5.74) is 3.52. The number of amides is 1. The van der Waals surface area contributed by atoms with Crippen molar-refractivity contribution in [1.29, 1.82) is 0 Å². The van der Waals surface area contributed by atoms with Gasteiger partial charge in [-0.25, -0.2) is 9.50 Å². The van der Waals surface area contributed by atoms with Crippen LogP contribution in [0.15, 0.2) is 51.8 Å². The smallest absolute Gasteiger partial charge is 0.277 e. The van der Waals surface area contributed by atoms with E-state index in [0.717, 1.165) is 17.0 Å². The zero-order chi connectivity index (χ0) is 20.7. The normalized spacial score (nSPS) is 13.6. The molecule has 0 unspecified atom stereocenters.